The molecule has 1 aliphatic carbocycles. The molecule has 1 fully saturated rings. The van der Waals surface area contributed by atoms with Crippen LogP contribution in [0.15, 0.2) is 42.1 Å². The van der Waals surface area contributed by atoms with E-state index in [-0.39, 0.29) is 17.9 Å². The van der Waals surface area contributed by atoms with E-state index in [1.54, 1.807) is 0 Å². The van der Waals surface area contributed by atoms with Gasteiger partial charge in [-0.05, 0) is 53.8 Å². The van der Waals surface area contributed by atoms with Gasteiger partial charge in [-0.25, -0.2) is 4.79 Å². The summed E-state index contributed by atoms with van der Waals surface area (Å²) in [6.07, 6.45) is 0.770. The van der Waals surface area contributed by atoms with Crippen molar-refractivity contribution in [2.24, 2.45) is 17.6 Å². The summed E-state index contributed by atoms with van der Waals surface area (Å²) in [5, 5.41) is 11.6. The third kappa shape index (κ3) is 6.16. The largest absolute Gasteiger partial charge is 0.493 e. The number of fused-ring (bicyclic) bond motifs is 2. The van der Waals surface area contributed by atoms with E-state index in [1.165, 1.54) is 76.3 Å². The van der Waals surface area contributed by atoms with E-state index in [0.717, 1.165) is 19.5 Å². The first kappa shape index (κ1) is 33.2. The first-order valence-electron chi connectivity index (χ1n) is 15.4. The SMILES string of the molecule is COC(=O)[C@@H]1[C@@H](OC)[C@H](OC(=O)c2cc(OC)c(OC)c(OC)c2)C[C@H](CN2CCC3=C(C2)NCc2ccccc23)[C@]1(N)CC=N. The average Bonchev–Trinajstić information content (AvgIpc) is 3.08. The lowest BCUT2D eigenvalue weighted by atomic mass is 9.62. The quantitative estimate of drug-likeness (QED) is 0.246. The zero-order chi connectivity index (χ0) is 33.0. The van der Waals surface area contributed by atoms with E-state index >= 15 is 0 Å². The summed E-state index contributed by atoms with van der Waals surface area (Å²) in [4.78, 5) is 29.4. The molecule has 2 aromatic carbocycles. The average molecular weight is 637 g/mol. The second kappa shape index (κ2) is 14.1. The van der Waals surface area contributed by atoms with Crippen molar-refractivity contribution in [2.75, 3.05) is 55.2 Å². The first-order chi connectivity index (χ1) is 22.2. The van der Waals surface area contributed by atoms with Gasteiger partial charge in [0, 0.05) is 50.9 Å². The molecular weight excluding hydrogens is 592 g/mol. The van der Waals surface area contributed by atoms with Crippen LogP contribution in [0.2, 0.25) is 0 Å². The van der Waals surface area contributed by atoms with Crippen LogP contribution in [0.3, 0.4) is 0 Å². The van der Waals surface area contributed by atoms with Crippen LogP contribution < -0.4 is 25.3 Å². The minimum absolute atomic E-state index is 0.123. The molecule has 12 nitrogen and oxygen atoms in total. The van der Waals surface area contributed by atoms with Gasteiger partial charge in [-0.1, -0.05) is 24.3 Å². The Hall–Kier alpha value is -4.13. The van der Waals surface area contributed by atoms with E-state index in [9.17, 15) is 9.59 Å². The summed E-state index contributed by atoms with van der Waals surface area (Å²) < 4.78 is 33.5. The van der Waals surface area contributed by atoms with Crippen LogP contribution in [-0.2, 0) is 25.5 Å². The lowest BCUT2D eigenvalue weighted by molar-refractivity contribution is -0.172. The summed E-state index contributed by atoms with van der Waals surface area (Å²) in [7, 11) is 7.16. The molecule has 12 heteroatoms. The van der Waals surface area contributed by atoms with Crippen LogP contribution in [0.5, 0.6) is 17.2 Å². The highest BCUT2D eigenvalue weighted by atomic mass is 16.6. The Balaban J connectivity index is 1.45. The summed E-state index contributed by atoms with van der Waals surface area (Å²) in [6, 6.07) is 11.5. The maximum Gasteiger partial charge on any atom is 0.338 e. The van der Waals surface area contributed by atoms with Crippen molar-refractivity contribution < 1.29 is 38.0 Å². The molecule has 248 valence electrons. The number of carbonyl (C=O) groups is 2. The Kier molecular flexibility index (Phi) is 10.2. The van der Waals surface area contributed by atoms with Crippen LogP contribution >= 0.6 is 0 Å². The van der Waals surface area contributed by atoms with Crippen molar-refractivity contribution in [3.63, 3.8) is 0 Å². The number of benzene rings is 2. The van der Waals surface area contributed by atoms with Gasteiger partial charge in [-0.15, -0.1) is 0 Å². The molecule has 2 heterocycles. The van der Waals surface area contributed by atoms with Crippen molar-refractivity contribution in [1.29, 1.82) is 5.41 Å². The van der Waals surface area contributed by atoms with Crippen molar-refractivity contribution in [3.8, 4) is 17.2 Å². The van der Waals surface area contributed by atoms with Gasteiger partial charge in [0.2, 0.25) is 5.75 Å². The highest BCUT2D eigenvalue weighted by Gasteiger charge is 2.58. The van der Waals surface area contributed by atoms with E-state index < -0.39 is 35.6 Å². The highest BCUT2D eigenvalue weighted by Crippen LogP contribution is 2.44. The van der Waals surface area contributed by atoms with Crippen LogP contribution in [0.25, 0.3) is 5.57 Å². The van der Waals surface area contributed by atoms with Crippen molar-refractivity contribution >= 4 is 23.7 Å². The molecule has 4 N–H and O–H groups in total. The Labute approximate surface area is 269 Å². The van der Waals surface area contributed by atoms with E-state index in [2.05, 4.69) is 34.5 Å². The van der Waals surface area contributed by atoms with Gasteiger partial charge in [-0.3, -0.25) is 9.69 Å². The number of esters is 2. The molecule has 0 saturated heterocycles. The van der Waals surface area contributed by atoms with Crippen LogP contribution in [0.1, 0.15) is 40.7 Å². The molecule has 1 saturated carbocycles. The summed E-state index contributed by atoms with van der Waals surface area (Å²) in [5.41, 5.74) is 11.2. The van der Waals surface area contributed by atoms with Gasteiger partial charge >= 0.3 is 11.9 Å². The number of ether oxygens (including phenoxy) is 6. The second-order valence-electron chi connectivity index (χ2n) is 12.0. The zero-order valence-corrected chi connectivity index (χ0v) is 27.1. The Morgan fingerprint density at radius 2 is 1.80 bits per heavy atom. The number of methoxy groups -OCH3 is 5. The van der Waals surface area contributed by atoms with Gasteiger partial charge in [0.05, 0.1) is 34.0 Å². The molecule has 0 spiro atoms. The standard InChI is InChI=1S/C34H44N4O8/c1-41-26-14-21(15-27(42-2)30(26)43-3)32(39)46-28-16-22(34(36,11-12-35)29(31(28)44-4)33(40)45-5)18-38-13-10-24-23-9-7-6-8-20(23)17-37-25(24)19-38/h6-9,12,14-15,22,28-29,31,35,37H,10-11,13,16-19,36H2,1-5H3/t22-,28-,29+,31+,34-/m1/s1. The number of nitrogens with two attached hydrogens (primary N) is 1. The van der Waals surface area contributed by atoms with Gasteiger partial charge in [0.1, 0.15) is 18.1 Å². The molecule has 0 bridgehead atoms. The second-order valence-corrected chi connectivity index (χ2v) is 12.0. The van der Waals surface area contributed by atoms with Gasteiger partial charge in [-0.2, -0.15) is 0 Å². The number of hydrogen-bond donors (Lipinski definition) is 3. The van der Waals surface area contributed by atoms with Crippen molar-refractivity contribution in [2.45, 2.75) is 43.6 Å². The van der Waals surface area contributed by atoms with Crippen LogP contribution in [0.4, 0.5) is 0 Å². The van der Waals surface area contributed by atoms with Crippen molar-refractivity contribution in [3.05, 3.63) is 58.8 Å². The number of nitrogens with zero attached hydrogens (tertiary/aromatic N) is 1. The number of rotatable bonds is 11. The summed E-state index contributed by atoms with van der Waals surface area (Å²) >= 11 is 0. The van der Waals surface area contributed by atoms with E-state index in [1.807, 2.05) is 0 Å². The summed E-state index contributed by atoms with van der Waals surface area (Å²) in [5.74, 6) is -1.63. The molecule has 3 aliphatic rings. The fourth-order valence-electron chi connectivity index (χ4n) is 7.33. The Morgan fingerprint density at radius 1 is 1.09 bits per heavy atom. The lowest BCUT2D eigenvalue weighted by Gasteiger charge is -2.52. The molecule has 5 atom stereocenters. The molecular formula is C34H44N4O8. The van der Waals surface area contributed by atoms with Crippen LogP contribution in [0, 0.1) is 17.2 Å². The van der Waals surface area contributed by atoms with Gasteiger partial charge in [0.25, 0.3) is 0 Å². The highest BCUT2D eigenvalue weighted by molar-refractivity contribution is 5.91. The summed E-state index contributed by atoms with van der Waals surface area (Å²) in [6.45, 7) is 2.76. The molecule has 46 heavy (non-hydrogen) atoms. The first-order valence-corrected chi connectivity index (χ1v) is 15.4. The Bertz CT molecular complexity index is 1470. The van der Waals surface area contributed by atoms with Gasteiger partial charge in [0.15, 0.2) is 11.5 Å². The topological polar surface area (TPSA) is 155 Å². The molecule has 0 unspecified atom stereocenters. The smallest absolute Gasteiger partial charge is 0.338 e. The zero-order valence-electron chi connectivity index (χ0n) is 27.1. The fraction of sp³-hybridized carbons (Fsp3) is 0.500. The minimum Gasteiger partial charge on any atom is -0.493 e. The Morgan fingerprint density at radius 3 is 2.43 bits per heavy atom. The predicted molar refractivity (Wildman–Crippen MR) is 171 cm³/mol. The van der Waals surface area contributed by atoms with Crippen molar-refractivity contribution in [1.82, 2.24) is 10.2 Å². The van der Waals surface area contributed by atoms with E-state index in [4.69, 9.17) is 39.6 Å². The monoisotopic (exact) mass is 636 g/mol. The number of carbonyl (C=O) groups excluding carboxylic acids is 2. The van der Waals surface area contributed by atoms with E-state index in [0.29, 0.717) is 36.8 Å². The number of nitrogens with one attached hydrogen (secondary N) is 2. The van der Waals surface area contributed by atoms with Crippen LogP contribution in [-0.4, -0.2) is 96.0 Å². The molecule has 0 amide bonds. The maximum absolute atomic E-state index is 13.7. The maximum atomic E-state index is 13.7. The molecule has 0 radical (unpaired) electrons. The minimum atomic E-state index is -1.19. The fourth-order valence-corrected chi connectivity index (χ4v) is 7.33. The molecule has 2 aromatic rings. The lowest BCUT2D eigenvalue weighted by Crippen LogP contribution is -2.68. The third-order valence-corrected chi connectivity index (χ3v) is 9.63. The third-order valence-electron chi connectivity index (χ3n) is 9.63. The molecule has 0 aromatic heterocycles. The number of hydrogen-bond acceptors (Lipinski definition) is 12. The molecule has 5 rings (SSSR count). The van der Waals surface area contributed by atoms with Gasteiger partial charge < -0.3 is 44.9 Å². The predicted octanol–water partition coefficient (Wildman–Crippen LogP) is 3.02. The normalized spacial score (nSPS) is 25.8. The molecule has 2 aliphatic heterocycles.